The molecule has 0 saturated heterocycles. The zero-order valence-electron chi connectivity index (χ0n) is 17.8. The van der Waals surface area contributed by atoms with Gasteiger partial charge in [0, 0.05) is 16.1 Å². The third kappa shape index (κ3) is 4.40. The van der Waals surface area contributed by atoms with Gasteiger partial charge in [0.25, 0.3) is 11.5 Å². The Labute approximate surface area is 200 Å². The SMILES string of the molecule is O=C(Nc1ccc(Oc2ccccc2)cc1)c1nn(-c2ccc(Cl)cc2)c(=O)c2ccccc12. The molecule has 0 aliphatic carbocycles. The molecule has 0 aliphatic heterocycles. The number of rotatable bonds is 5. The third-order valence-electron chi connectivity index (χ3n) is 5.18. The number of amides is 1. The molecule has 166 valence electrons. The van der Waals surface area contributed by atoms with Gasteiger partial charge < -0.3 is 10.1 Å². The predicted molar refractivity (Wildman–Crippen MR) is 133 cm³/mol. The molecule has 5 rings (SSSR count). The number of hydrogen-bond acceptors (Lipinski definition) is 4. The molecule has 0 fully saturated rings. The van der Waals surface area contributed by atoms with Crippen LogP contribution in [0.4, 0.5) is 5.69 Å². The molecule has 7 heteroatoms. The Balaban J connectivity index is 1.46. The second-order valence-corrected chi connectivity index (χ2v) is 7.92. The average Bonchev–Trinajstić information content (AvgIpc) is 2.87. The third-order valence-corrected chi connectivity index (χ3v) is 5.43. The van der Waals surface area contributed by atoms with E-state index < -0.39 is 5.91 Å². The van der Waals surface area contributed by atoms with Gasteiger partial charge in [0.2, 0.25) is 0 Å². The summed E-state index contributed by atoms with van der Waals surface area (Å²) in [7, 11) is 0. The van der Waals surface area contributed by atoms with Crippen LogP contribution in [0.15, 0.2) is 108 Å². The number of carbonyl (C=O) groups excluding carboxylic acids is 1. The molecule has 1 heterocycles. The maximum absolute atomic E-state index is 13.2. The van der Waals surface area contributed by atoms with Crippen molar-refractivity contribution in [1.82, 2.24) is 9.78 Å². The van der Waals surface area contributed by atoms with Crippen LogP contribution < -0.4 is 15.6 Å². The lowest BCUT2D eigenvalue weighted by molar-refractivity contribution is 0.102. The quantitative estimate of drug-likeness (QED) is 0.340. The van der Waals surface area contributed by atoms with Crippen LogP contribution in [0.5, 0.6) is 11.5 Å². The maximum atomic E-state index is 13.2. The Bertz CT molecular complexity index is 1530. The van der Waals surface area contributed by atoms with Crippen LogP contribution >= 0.6 is 11.6 Å². The summed E-state index contributed by atoms with van der Waals surface area (Å²) in [6, 6.07) is 30.0. The molecule has 1 N–H and O–H groups in total. The zero-order chi connectivity index (χ0) is 23.5. The predicted octanol–water partition coefficient (Wildman–Crippen LogP) is 6.08. The largest absolute Gasteiger partial charge is 0.457 e. The number of carbonyl (C=O) groups is 1. The summed E-state index contributed by atoms with van der Waals surface area (Å²) >= 11 is 5.98. The Morgan fingerprint density at radius 2 is 1.38 bits per heavy atom. The van der Waals surface area contributed by atoms with Crippen molar-refractivity contribution >= 4 is 34.0 Å². The number of benzene rings is 4. The molecule has 0 spiro atoms. The highest BCUT2D eigenvalue weighted by atomic mass is 35.5. The number of nitrogens with one attached hydrogen (secondary N) is 1. The van der Waals surface area contributed by atoms with Gasteiger partial charge >= 0.3 is 0 Å². The normalized spacial score (nSPS) is 10.7. The average molecular weight is 468 g/mol. The van der Waals surface area contributed by atoms with Crippen LogP contribution in [-0.4, -0.2) is 15.7 Å². The van der Waals surface area contributed by atoms with Crippen molar-refractivity contribution < 1.29 is 9.53 Å². The standard InChI is InChI=1S/C27H18ClN3O3/c28-18-10-14-20(15-11-18)31-27(33)24-9-5-4-8-23(24)25(30-31)26(32)29-19-12-16-22(17-13-19)34-21-6-2-1-3-7-21/h1-17H,(H,29,32). The molecule has 0 bridgehead atoms. The van der Waals surface area contributed by atoms with Crippen LogP contribution in [0, 0.1) is 0 Å². The van der Waals surface area contributed by atoms with Crippen molar-refractivity contribution in [3.05, 3.63) is 124 Å². The number of para-hydroxylation sites is 1. The molecule has 5 aromatic rings. The second kappa shape index (κ2) is 9.21. The Hall–Kier alpha value is -4.42. The van der Waals surface area contributed by atoms with Crippen molar-refractivity contribution in [2.24, 2.45) is 0 Å². The van der Waals surface area contributed by atoms with E-state index in [0.29, 0.717) is 32.9 Å². The van der Waals surface area contributed by atoms with Crippen molar-refractivity contribution in [3.8, 4) is 17.2 Å². The van der Waals surface area contributed by atoms with Gasteiger partial charge in [-0.25, -0.2) is 0 Å². The minimum absolute atomic E-state index is 0.134. The van der Waals surface area contributed by atoms with Crippen LogP contribution in [0.25, 0.3) is 16.5 Å². The summed E-state index contributed by atoms with van der Waals surface area (Å²) in [5.41, 5.74) is 0.892. The first kappa shape index (κ1) is 21.4. The fourth-order valence-electron chi connectivity index (χ4n) is 3.54. The Morgan fingerprint density at radius 3 is 2.09 bits per heavy atom. The number of nitrogens with zero attached hydrogens (tertiary/aromatic N) is 2. The fourth-order valence-corrected chi connectivity index (χ4v) is 3.66. The Morgan fingerprint density at radius 1 is 0.765 bits per heavy atom. The summed E-state index contributed by atoms with van der Waals surface area (Å²) in [6.45, 7) is 0. The van der Waals surface area contributed by atoms with E-state index in [9.17, 15) is 9.59 Å². The van der Waals surface area contributed by atoms with Gasteiger partial charge in [-0.3, -0.25) is 9.59 Å². The first-order valence-corrected chi connectivity index (χ1v) is 10.9. The molecule has 0 aliphatic rings. The van der Waals surface area contributed by atoms with Crippen molar-refractivity contribution in [1.29, 1.82) is 0 Å². The summed E-state index contributed by atoms with van der Waals surface area (Å²) in [5, 5.41) is 8.65. The summed E-state index contributed by atoms with van der Waals surface area (Å²) in [5.74, 6) is 0.930. The monoisotopic (exact) mass is 467 g/mol. The summed E-state index contributed by atoms with van der Waals surface area (Å²) in [4.78, 5) is 26.3. The number of anilines is 1. The van der Waals surface area contributed by atoms with Gasteiger partial charge in [0.05, 0.1) is 11.1 Å². The number of halogens is 1. The van der Waals surface area contributed by atoms with Crippen LogP contribution in [0.3, 0.4) is 0 Å². The zero-order valence-corrected chi connectivity index (χ0v) is 18.6. The molecule has 1 aromatic heterocycles. The molecule has 0 unspecified atom stereocenters. The van der Waals surface area contributed by atoms with Gasteiger partial charge in [-0.05, 0) is 66.7 Å². The minimum atomic E-state index is -0.435. The number of aromatic nitrogens is 2. The van der Waals surface area contributed by atoms with E-state index >= 15 is 0 Å². The fraction of sp³-hybridized carbons (Fsp3) is 0. The Kier molecular flexibility index (Phi) is 5.81. The minimum Gasteiger partial charge on any atom is -0.457 e. The molecule has 0 saturated carbocycles. The molecule has 4 aromatic carbocycles. The molecule has 34 heavy (non-hydrogen) atoms. The van der Waals surface area contributed by atoms with E-state index in [2.05, 4.69) is 10.4 Å². The lowest BCUT2D eigenvalue weighted by Gasteiger charge is -2.12. The topological polar surface area (TPSA) is 73.2 Å². The molecule has 1 amide bonds. The van der Waals surface area contributed by atoms with E-state index in [1.807, 2.05) is 30.3 Å². The van der Waals surface area contributed by atoms with Crippen LogP contribution in [0.2, 0.25) is 5.02 Å². The second-order valence-electron chi connectivity index (χ2n) is 7.48. The van der Waals surface area contributed by atoms with Crippen LogP contribution in [0.1, 0.15) is 10.5 Å². The molecule has 0 atom stereocenters. The van der Waals surface area contributed by atoms with Gasteiger partial charge in [-0.1, -0.05) is 48.0 Å². The van der Waals surface area contributed by atoms with Crippen LogP contribution in [-0.2, 0) is 0 Å². The van der Waals surface area contributed by atoms with Gasteiger partial charge in [-0.2, -0.15) is 9.78 Å². The molecule has 6 nitrogen and oxygen atoms in total. The lowest BCUT2D eigenvalue weighted by Crippen LogP contribution is -2.26. The van der Waals surface area contributed by atoms with Crippen molar-refractivity contribution in [3.63, 3.8) is 0 Å². The number of fused-ring (bicyclic) bond motifs is 1. The first-order chi connectivity index (χ1) is 16.6. The van der Waals surface area contributed by atoms with E-state index in [1.54, 1.807) is 72.8 Å². The van der Waals surface area contributed by atoms with Gasteiger partial charge in [-0.15, -0.1) is 0 Å². The number of hydrogen-bond donors (Lipinski definition) is 1. The molecule has 0 radical (unpaired) electrons. The van der Waals surface area contributed by atoms with Gasteiger partial charge in [0.1, 0.15) is 11.5 Å². The number of ether oxygens (including phenoxy) is 1. The summed E-state index contributed by atoms with van der Waals surface area (Å²) in [6.07, 6.45) is 0. The highest BCUT2D eigenvalue weighted by Crippen LogP contribution is 2.23. The highest BCUT2D eigenvalue weighted by Gasteiger charge is 2.18. The molecular weight excluding hydrogens is 450 g/mol. The highest BCUT2D eigenvalue weighted by molar-refractivity contribution is 6.30. The first-order valence-electron chi connectivity index (χ1n) is 10.5. The van der Waals surface area contributed by atoms with E-state index in [1.165, 1.54) is 4.68 Å². The van der Waals surface area contributed by atoms with E-state index in [-0.39, 0.29) is 11.3 Å². The smallest absolute Gasteiger partial charge is 0.279 e. The van der Waals surface area contributed by atoms with Gasteiger partial charge in [0.15, 0.2) is 5.69 Å². The van der Waals surface area contributed by atoms with E-state index in [4.69, 9.17) is 16.3 Å². The lowest BCUT2D eigenvalue weighted by atomic mass is 10.1. The maximum Gasteiger partial charge on any atom is 0.279 e. The van der Waals surface area contributed by atoms with E-state index in [0.717, 1.165) is 5.75 Å². The summed E-state index contributed by atoms with van der Waals surface area (Å²) < 4.78 is 7.01. The van der Waals surface area contributed by atoms with Crippen molar-refractivity contribution in [2.45, 2.75) is 0 Å². The molecular formula is C27H18ClN3O3. The van der Waals surface area contributed by atoms with Crippen molar-refractivity contribution in [2.75, 3.05) is 5.32 Å².